The highest BCUT2D eigenvalue weighted by molar-refractivity contribution is 7.89. The van der Waals surface area contributed by atoms with Crippen LogP contribution in [0.1, 0.15) is 44.6 Å². The molecule has 0 fully saturated rings. The van der Waals surface area contributed by atoms with Crippen LogP contribution in [0.25, 0.3) is 0 Å². The van der Waals surface area contributed by atoms with Crippen molar-refractivity contribution in [1.29, 1.82) is 0 Å². The molecular formula is C16H27NO3S. The summed E-state index contributed by atoms with van der Waals surface area (Å²) in [5.74, 6) is 0. The van der Waals surface area contributed by atoms with Crippen molar-refractivity contribution in [3.8, 4) is 0 Å². The molecule has 0 aliphatic heterocycles. The molecule has 1 atom stereocenters. The highest BCUT2D eigenvalue weighted by Crippen LogP contribution is 2.13. The van der Waals surface area contributed by atoms with Gasteiger partial charge in [0.1, 0.15) is 0 Å². The van der Waals surface area contributed by atoms with Crippen LogP contribution >= 0.6 is 0 Å². The van der Waals surface area contributed by atoms with Gasteiger partial charge in [-0.2, -0.15) is 0 Å². The van der Waals surface area contributed by atoms with Crippen LogP contribution < -0.4 is 4.72 Å². The molecule has 0 unspecified atom stereocenters. The van der Waals surface area contributed by atoms with E-state index in [0.717, 1.165) is 24.8 Å². The summed E-state index contributed by atoms with van der Waals surface area (Å²) in [5, 5.41) is 0. The largest absolute Gasteiger partial charge is 0.383 e. The minimum atomic E-state index is -3.47. The fourth-order valence-electron chi connectivity index (χ4n) is 2.20. The van der Waals surface area contributed by atoms with E-state index in [0.29, 0.717) is 11.5 Å². The molecule has 0 saturated heterocycles. The van der Waals surface area contributed by atoms with Crippen LogP contribution in [-0.4, -0.2) is 28.2 Å². The van der Waals surface area contributed by atoms with Gasteiger partial charge in [0.05, 0.1) is 11.5 Å². The Bertz CT molecular complexity index is 497. The van der Waals surface area contributed by atoms with Crippen LogP contribution in [-0.2, 0) is 14.8 Å². The van der Waals surface area contributed by atoms with E-state index >= 15 is 0 Å². The van der Waals surface area contributed by atoms with Crippen LogP contribution in [0.4, 0.5) is 0 Å². The van der Waals surface area contributed by atoms with Crippen LogP contribution in [0.2, 0.25) is 0 Å². The first kappa shape index (κ1) is 18.1. The minimum Gasteiger partial charge on any atom is -0.383 e. The van der Waals surface area contributed by atoms with E-state index in [4.69, 9.17) is 4.74 Å². The number of rotatable bonds is 10. The van der Waals surface area contributed by atoms with Crippen LogP contribution in [0.15, 0.2) is 29.2 Å². The van der Waals surface area contributed by atoms with E-state index in [1.807, 2.05) is 6.92 Å². The highest BCUT2D eigenvalue weighted by Gasteiger charge is 2.19. The Morgan fingerprint density at radius 1 is 1.14 bits per heavy atom. The first-order valence-electron chi connectivity index (χ1n) is 7.57. The summed E-state index contributed by atoms with van der Waals surface area (Å²) in [5.41, 5.74) is 1.04. The van der Waals surface area contributed by atoms with Gasteiger partial charge >= 0.3 is 0 Å². The maximum Gasteiger partial charge on any atom is 0.240 e. The second kappa shape index (κ2) is 9.18. The van der Waals surface area contributed by atoms with Gasteiger partial charge in [-0.05, 0) is 25.5 Å². The van der Waals surface area contributed by atoms with Gasteiger partial charge in [0.15, 0.2) is 0 Å². The van der Waals surface area contributed by atoms with Gasteiger partial charge in [-0.3, -0.25) is 0 Å². The topological polar surface area (TPSA) is 55.4 Å². The minimum absolute atomic E-state index is 0.168. The molecule has 0 aliphatic rings. The lowest BCUT2D eigenvalue weighted by Gasteiger charge is -2.18. The average Bonchev–Trinajstić information content (AvgIpc) is 2.44. The highest BCUT2D eigenvalue weighted by atomic mass is 32.2. The van der Waals surface area contributed by atoms with Crippen molar-refractivity contribution >= 4 is 10.0 Å². The average molecular weight is 313 g/mol. The summed E-state index contributed by atoms with van der Waals surface area (Å²) in [4.78, 5) is 0.308. The molecule has 0 saturated carbocycles. The number of hydrogen-bond donors (Lipinski definition) is 1. The fraction of sp³-hybridized carbons (Fsp3) is 0.625. The van der Waals surface area contributed by atoms with Crippen molar-refractivity contribution in [1.82, 2.24) is 4.72 Å². The summed E-state index contributed by atoms with van der Waals surface area (Å²) in [6.07, 6.45) is 5.30. The van der Waals surface area contributed by atoms with Crippen LogP contribution in [0.3, 0.4) is 0 Å². The maximum absolute atomic E-state index is 12.4. The first-order valence-corrected chi connectivity index (χ1v) is 9.06. The SMILES string of the molecule is CCCCCC[C@@H](COC)NS(=O)(=O)c1ccc(C)cc1. The zero-order valence-electron chi connectivity index (χ0n) is 13.3. The molecular weight excluding hydrogens is 286 g/mol. The van der Waals surface area contributed by atoms with Crippen molar-refractivity contribution in [3.63, 3.8) is 0 Å². The Morgan fingerprint density at radius 3 is 2.38 bits per heavy atom. The van der Waals surface area contributed by atoms with E-state index < -0.39 is 10.0 Å². The normalized spacial score (nSPS) is 13.3. The molecule has 4 nitrogen and oxygen atoms in total. The third kappa shape index (κ3) is 6.59. The third-order valence-electron chi connectivity index (χ3n) is 3.43. The third-order valence-corrected chi connectivity index (χ3v) is 4.96. The molecule has 0 aromatic heterocycles. The molecule has 1 aromatic rings. The number of nitrogens with one attached hydrogen (secondary N) is 1. The van der Waals surface area contributed by atoms with E-state index in [9.17, 15) is 8.42 Å². The zero-order valence-corrected chi connectivity index (χ0v) is 14.1. The zero-order chi connectivity index (χ0) is 15.7. The van der Waals surface area contributed by atoms with Gasteiger partial charge in [-0.15, -0.1) is 0 Å². The van der Waals surface area contributed by atoms with Crippen molar-refractivity contribution in [2.24, 2.45) is 0 Å². The van der Waals surface area contributed by atoms with Gasteiger partial charge in [0, 0.05) is 13.2 Å². The smallest absolute Gasteiger partial charge is 0.240 e. The van der Waals surface area contributed by atoms with Crippen molar-refractivity contribution < 1.29 is 13.2 Å². The van der Waals surface area contributed by atoms with E-state index in [1.165, 1.54) is 12.8 Å². The van der Waals surface area contributed by atoms with E-state index in [-0.39, 0.29) is 6.04 Å². The number of unbranched alkanes of at least 4 members (excludes halogenated alkanes) is 3. The molecule has 21 heavy (non-hydrogen) atoms. The molecule has 0 heterocycles. The number of aryl methyl sites for hydroxylation is 1. The lowest BCUT2D eigenvalue weighted by molar-refractivity contribution is 0.170. The van der Waals surface area contributed by atoms with Gasteiger partial charge in [0.25, 0.3) is 0 Å². The summed E-state index contributed by atoms with van der Waals surface area (Å²) in [6, 6.07) is 6.72. The number of methoxy groups -OCH3 is 1. The lowest BCUT2D eigenvalue weighted by atomic mass is 10.1. The number of hydrogen-bond acceptors (Lipinski definition) is 3. The number of ether oxygens (including phenoxy) is 1. The molecule has 0 bridgehead atoms. The van der Waals surface area contributed by atoms with Gasteiger partial charge in [-0.25, -0.2) is 13.1 Å². The summed E-state index contributed by atoms with van der Waals surface area (Å²) in [6.45, 7) is 4.50. The van der Waals surface area contributed by atoms with Gasteiger partial charge in [-0.1, -0.05) is 50.3 Å². The summed E-state index contributed by atoms with van der Waals surface area (Å²) >= 11 is 0. The molecule has 0 aliphatic carbocycles. The molecule has 5 heteroatoms. The Hall–Kier alpha value is -0.910. The van der Waals surface area contributed by atoms with Gasteiger partial charge < -0.3 is 4.74 Å². The van der Waals surface area contributed by atoms with Crippen molar-refractivity contribution in [2.75, 3.05) is 13.7 Å². The number of sulfonamides is 1. The molecule has 0 spiro atoms. The molecule has 0 radical (unpaired) electrons. The Morgan fingerprint density at radius 2 is 1.81 bits per heavy atom. The second-order valence-electron chi connectivity index (χ2n) is 5.44. The summed E-state index contributed by atoms with van der Waals surface area (Å²) < 4.78 is 32.6. The lowest BCUT2D eigenvalue weighted by Crippen LogP contribution is -2.38. The molecule has 1 N–H and O–H groups in total. The summed E-state index contributed by atoms with van der Waals surface area (Å²) in [7, 11) is -1.87. The first-order chi connectivity index (χ1) is 9.99. The van der Waals surface area contributed by atoms with E-state index in [1.54, 1.807) is 31.4 Å². The predicted molar refractivity (Wildman–Crippen MR) is 85.9 cm³/mol. The molecule has 0 amide bonds. The Balaban J connectivity index is 2.65. The standard InChI is InChI=1S/C16H27NO3S/c1-4-5-6-7-8-15(13-20-3)17-21(18,19)16-11-9-14(2)10-12-16/h9-12,15,17H,4-8,13H2,1-3H3/t15-/m0/s1. The predicted octanol–water partition coefficient (Wildman–Crippen LogP) is 3.26. The molecule has 1 aromatic carbocycles. The van der Waals surface area contributed by atoms with Crippen molar-refractivity contribution in [2.45, 2.75) is 56.9 Å². The fourth-order valence-corrected chi connectivity index (χ4v) is 3.46. The number of benzene rings is 1. The van der Waals surface area contributed by atoms with E-state index in [2.05, 4.69) is 11.6 Å². The quantitative estimate of drug-likeness (QED) is 0.675. The van der Waals surface area contributed by atoms with Crippen molar-refractivity contribution in [3.05, 3.63) is 29.8 Å². The van der Waals surface area contributed by atoms with Crippen LogP contribution in [0.5, 0.6) is 0 Å². The molecule has 120 valence electrons. The monoisotopic (exact) mass is 313 g/mol. The Labute approximate surface area is 129 Å². The molecule has 1 rings (SSSR count). The van der Waals surface area contributed by atoms with Crippen LogP contribution in [0, 0.1) is 6.92 Å². The Kier molecular flexibility index (Phi) is 7.93. The van der Waals surface area contributed by atoms with Gasteiger partial charge in [0.2, 0.25) is 10.0 Å². The second-order valence-corrected chi connectivity index (χ2v) is 7.15. The maximum atomic E-state index is 12.4.